The van der Waals surface area contributed by atoms with Gasteiger partial charge in [-0.25, -0.2) is 9.97 Å². The molecule has 4 rings (SSSR count). The van der Waals surface area contributed by atoms with Crippen molar-refractivity contribution in [2.75, 3.05) is 25.0 Å². The molecule has 1 aliphatic heterocycles. The normalized spacial score (nSPS) is 17.5. The van der Waals surface area contributed by atoms with Gasteiger partial charge in [0.1, 0.15) is 5.69 Å². The number of nitrogens with zero attached hydrogens (tertiary/aromatic N) is 4. The van der Waals surface area contributed by atoms with Crippen LogP contribution in [0.25, 0.3) is 22.7 Å². The monoisotopic (exact) mass is 349 g/mol. The van der Waals surface area contributed by atoms with Crippen LogP contribution >= 0.6 is 0 Å². The predicted molar refractivity (Wildman–Crippen MR) is 102 cm³/mol. The van der Waals surface area contributed by atoms with Crippen LogP contribution in [0, 0.1) is 0 Å². The number of rotatable bonds is 6. The van der Waals surface area contributed by atoms with E-state index in [2.05, 4.69) is 27.1 Å². The number of hydrogen-bond acceptors (Lipinski definition) is 6. The molecule has 1 N–H and O–H groups in total. The first-order chi connectivity index (χ1) is 12.8. The second-order valence-electron chi connectivity index (χ2n) is 6.45. The molecule has 1 saturated heterocycles. The van der Waals surface area contributed by atoms with Crippen LogP contribution in [0.2, 0.25) is 0 Å². The first kappa shape index (κ1) is 16.7. The van der Waals surface area contributed by atoms with Crippen LogP contribution < -0.4 is 5.32 Å². The number of hydrogen-bond donors (Lipinski definition) is 1. The lowest BCUT2D eigenvalue weighted by Crippen LogP contribution is -2.34. The Morgan fingerprint density at radius 3 is 2.96 bits per heavy atom. The van der Waals surface area contributed by atoms with Gasteiger partial charge in [0.15, 0.2) is 5.76 Å². The second-order valence-corrected chi connectivity index (χ2v) is 6.45. The van der Waals surface area contributed by atoms with E-state index in [0.717, 1.165) is 30.0 Å². The Balaban J connectivity index is 1.60. The molecule has 0 aromatic carbocycles. The Hall–Kier alpha value is -2.73. The number of likely N-dealkylation sites (tertiary alicyclic amines) is 1. The van der Waals surface area contributed by atoms with Crippen molar-refractivity contribution in [1.29, 1.82) is 0 Å². The van der Waals surface area contributed by atoms with E-state index in [0.29, 0.717) is 17.8 Å². The van der Waals surface area contributed by atoms with Gasteiger partial charge in [-0.15, -0.1) is 0 Å². The molecule has 0 bridgehead atoms. The number of anilines is 1. The van der Waals surface area contributed by atoms with Crippen molar-refractivity contribution in [3.8, 4) is 22.7 Å². The third-order valence-electron chi connectivity index (χ3n) is 4.89. The minimum Gasteiger partial charge on any atom is -0.463 e. The standard InChI is InChI=1S/C20H23N5O/c1-2-25-11-5-7-15(25)13-22-20-23-14-16(17-8-3-4-10-21-17)19(24-20)18-9-6-12-26-18/h3-4,6,8-10,12,14-15H,2,5,7,11,13H2,1H3,(H,22,23,24)/t15-/m0/s1. The number of aromatic nitrogens is 3. The predicted octanol–water partition coefficient (Wildman–Crippen LogP) is 3.69. The van der Waals surface area contributed by atoms with E-state index in [1.807, 2.05) is 36.5 Å². The molecule has 6 heteroatoms. The first-order valence-corrected chi connectivity index (χ1v) is 9.15. The highest BCUT2D eigenvalue weighted by Gasteiger charge is 2.23. The number of nitrogens with one attached hydrogen (secondary N) is 1. The zero-order valence-corrected chi connectivity index (χ0v) is 14.9. The molecule has 4 heterocycles. The summed E-state index contributed by atoms with van der Waals surface area (Å²) in [5.41, 5.74) is 2.45. The highest BCUT2D eigenvalue weighted by Crippen LogP contribution is 2.30. The van der Waals surface area contributed by atoms with E-state index >= 15 is 0 Å². The summed E-state index contributed by atoms with van der Waals surface area (Å²) in [6, 6.07) is 10.1. The molecule has 26 heavy (non-hydrogen) atoms. The van der Waals surface area contributed by atoms with Gasteiger partial charge in [-0.05, 0) is 50.2 Å². The van der Waals surface area contributed by atoms with Crippen LogP contribution in [0.1, 0.15) is 19.8 Å². The molecule has 0 radical (unpaired) electrons. The van der Waals surface area contributed by atoms with Gasteiger partial charge in [0, 0.05) is 30.5 Å². The average molecular weight is 349 g/mol. The van der Waals surface area contributed by atoms with Gasteiger partial charge < -0.3 is 9.73 Å². The van der Waals surface area contributed by atoms with Crippen molar-refractivity contribution in [1.82, 2.24) is 19.9 Å². The Morgan fingerprint density at radius 1 is 1.23 bits per heavy atom. The topological polar surface area (TPSA) is 67.1 Å². The van der Waals surface area contributed by atoms with Crippen LogP contribution in [-0.2, 0) is 0 Å². The molecule has 0 spiro atoms. The molecule has 1 atom stereocenters. The van der Waals surface area contributed by atoms with Crippen molar-refractivity contribution < 1.29 is 4.42 Å². The van der Waals surface area contributed by atoms with Crippen LogP contribution in [0.4, 0.5) is 5.95 Å². The second kappa shape index (κ2) is 7.66. The van der Waals surface area contributed by atoms with Gasteiger partial charge in [-0.1, -0.05) is 13.0 Å². The minimum atomic E-state index is 0.547. The van der Waals surface area contributed by atoms with Gasteiger partial charge in [0.2, 0.25) is 5.95 Å². The van der Waals surface area contributed by atoms with Crippen LogP contribution in [0.15, 0.2) is 53.4 Å². The lowest BCUT2D eigenvalue weighted by Gasteiger charge is -2.23. The summed E-state index contributed by atoms with van der Waals surface area (Å²) in [7, 11) is 0. The molecule has 134 valence electrons. The molecule has 0 aliphatic carbocycles. The van der Waals surface area contributed by atoms with Crippen molar-refractivity contribution in [3.63, 3.8) is 0 Å². The van der Waals surface area contributed by atoms with Gasteiger partial charge in [-0.2, -0.15) is 0 Å². The summed E-state index contributed by atoms with van der Waals surface area (Å²) in [4.78, 5) is 16.2. The number of likely N-dealkylation sites (N-methyl/N-ethyl adjacent to an activating group) is 1. The average Bonchev–Trinajstić information content (AvgIpc) is 3.38. The maximum absolute atomic E-state index is 5.60. The van der Waals surface area contributed by atoms with E-state index in [9.17, 15) is 0 Å². The zero-order chi connectivity index (χ0) is 17.8. The van der Waals surface area contributed by atoms with Crippen molar-refractivity contribution in [2.45, 2.75) is 25.8 Å². The summed E-state index contributed by atoms with van der Waals surface area (Å²) in [5, 5.41) is 3.41. The van der Waals surface area contributed by atoms with E-state index in [1.165, 1.54) is 19.4 Å². The quantitative estimate of drug-likeness (QED) is 0.732. The fourth-order valence-corrected chi connectivity index (χ4v) is 3.53. The fourth-order valence-electron chi connectivity index (χ4n) is 3.53. The number of pyridine rings is 1. The molecule has 0 saturated carbocycles. The van der Waals surface area contributed by atoms with Crippen LogP contribution in [0.3, 0.4) is 0 Å². The highest BCUT2D eigenvalue weighted by molar-refractivity contribution is 5.76. The highest BCUT2D eigenvalue weighted by atomic mass is 16.3. The minimum absolute atomic E-state index is 0.547. The summed E-state index contributed by atoms with van der Waals surface area (Å²) in [5.74, 6) is 1.34. The van der Waals surface area contributed by atoms with Crippen LogP contribution in [0.5, 0.6) is 0 Å². The van der Waals surface area contributed by atoms with Gasteiger partial charge in [0.25, 0.3) is 0 Å². The fraction of sp³-hybridized carbons (Fsp3) is 0.350. The Labute approximate surface area is 153 Å². The Bertz CT molecular complexity index is 835. The van der Waals surface area contributed by atoms with Crippen LogP contribution in [-0.4, -0.2) is 45.5 Å². The molecule has 1 aliphatic rings. The molecular formula is C20H23N5O. The molecule has 1 fully saturated rings. The SMILES string of the molecule is CCN1CCC[C@H]1CNc1ncc(-c2ccccn2)c(-c2ccco2)n1. The lowest BCUT2D eigenvalue weighted by atomic mass is 10.1. The van der Waals surface area contributed by atoms with E-state index in [4.69, 9.17) is 9.40 Å². The summed E-state index contributed by atoms with van der Waals surface area (Å²) < 4.78 is 5.60. The summed E-state index contributed by atoms with van der Waals surface area (Å²) in [6.07, 6.45) is 7.73. The van der Waals surface area contributed by atoms with E-state index < -0.39 is 0 Å². The van der Waals surface area contributed by atoms with E-state index in [-0.39, 0.29) is 0 Å². The van der Waals surface area contributed by atoms with E-state index in [1.54, 1.807) is 12.5 Å². The molecule has 3 aromatic rings. The van der Waals surface area contributed by atoms with Gasteiger partial charge in [0.05, 0.1) is 12.0 Å². The van der Waals surface area contributed by atoms with Crippen molar-refractivity contribution in [2.24, 2.45) is 0 Å². The largest absolute Gasteiger partial charge is 0.463 e. The van der Waals surface area contributed by atoms with Crippen molar-refractivity contribution in [3.05, 3.63) is 49.0 Å². The van der Waals surface area contributed by atoms with Gasteiger partial charge in [-0.3, -0.25) is 9.88 Å². The smallest absolute Gasteiger partial charge is 0.223 e. The zero-order valence-electron chi connectivity index (χ0n) is 14.9. The maximum atomic E-state index is 5.60. The molecule has 0 amide bonds. The summed E-state index contributed by atoms with van der Waals surface area (Å²) >= 11 is 0. The molecular weight excluding hydrogens is 326 g/mol. The lowest BCUT2D eigenvalue weighted by molar-refractivity contribution is 0.277. The number of furan rings is 1. The Kier molecular flexibility index (Phi) is 4.93. The molecule has 0 unspecified atom stereocenters. The van der Waals surface area contributed by atoms with Crippen molar-refractivity contribution >= 4 is 5.95 Å². The Morgan fingerprint density at radius 2 is 2.19 bits per heavy atom. The molecule has 6 nitrogen and oxygen atoms in total. The third kappa shape index (κ3) is 3.46. The maximum Gasteiger partial charge on any atom is 0.223 e. The molecule has 3 aromatic heterocycles. The third-order valence-corrected chi connectivity index (χ3v) is 4.89. The van der Waals surface area contributed by atoms with Gasteiger partial charge >= 0.3 is 0 Å². The first-order valence-electron chi connectivity index (χ1n) is 9.15. The summed E-state index contributed by atoms with van der Waals surface area (Å²) in [6.45, 7) is 5.34.